The third kappa shape index (κ3) is 1.95. The third-order valence-electron chi connectivity index (χ3n) is 3.36. The van der Waals surface area contributed by atoms with E-state index >= 15 is 0 Å². The summed E-state index contributed by atoms with van der Waals surface area (Å²) in [5.41, 5.74) is 2.01. The van der Waals surface area contributed by atoms with Gasteiger partial charge in [0, 0.05) is 6.04 Å². The maximum atomic E-state index is 12.4. The molecule has 0 spiro atoms. The van der Waals surface area contributed by atoms with Gasteiger partial charge in [-0.25, -0.2) is 8.42 Å². The molecule has 1 atom stereocenters. The minimum absolute atomic E-state index is 0.0831. The standard InChI is InChI=1S/C13H19NO2S/c1-4-12-9-11-7-5-6-8-13(11)14(12)17(15,16)10(2)3/h5-8,10,12H,4,9H2,1-3H3/t12-/m1/s1. The summed E-state index contributed by atoms with van der Waals surface area (Å²) in [6, 6.07) is 7.88. The number of para-hydroxylation sites is 1. The van der Waals surface area contributed by atoms with Gasteiger partial charge in [0.25, 0.3) is 0 Å². The monoisotopic (exact) mass is 253 g/mol. The van der Waals surface area contributed by atoms with Gasteiger partial charge in [-0.05, 0) is 38.3 Å². The Hall–Kier alpha value is -1.03. The van der Waals surface area contributed by atoms with Crippen LogP contribution in [0.15, 0.2) is 24.3 Å². The van der Waals surface area contributed by atoms with Crippen LogP contribution in [0.2, 0.25) is 0 Å². The second-order valence-corrected chi connectivity index (χ2v) is 7.15. The number of benzene rings is 1. The van der Waals surface area contributed by atoms with Crippen molar-refractivity contribution in [1.29, 1.82) is 0 Å². The molecule has 0 bridgehead atoms. The van der Waals surface area contributed by atoms with Crippen LogP contribution in [-0.4, -0.2) is 19.7 Å². The Kier molecular flexibility index (Phi) is 3.17. The molecule has 3 nitrogen and oxygen atoms in total. The molecule has 0 radical (unpaired) electrons. The van der Waals surface area contributed by atoms with Crippen molar-refractivity contribution in [3.8, 4) is 0 Å². The largest absolute Gasteiger partial charge is 0.266 e. The Morgan fingerprint density at radius 3 is 2.59 bits per heavy atom. The zero-order valence-electron chi connectivity index (χ0n) is 10.6. The first kappa shape index (κ1) is 12.4. The highest BCUT2D eigenvalue weighted by Gasteiger charge is 2.37. The minimum Gasteiger partial charge on any atom is -0.266 e. The average Bonchev–Trinajstić information content (AvgIpc) is 2.67. The lowest BCUT2D eigenvalue weighted by Crippen LogP contribution is -2.41. The number of anilines is 1. The van der Waals surface area contributed by atoms with Gasteiger partial charge in [0.15, 0.2) is 0 Å². The van der Waals surface area contributed by atoms with Crippen molar-refractivity contribution in [2.45, 2.75) is 44.9 Å². The highest BCUT2D eigenvalue weighted by Crippen LogP contribution is 2.36. The summed E-state index contributed by atoms with van der Waals surface area (Å²) in [5.74, 6) is 0. The van der Waals surface area contributed by atoms with Crippen LogP contribution >= 0.6 is 0 Å². The van der Waals surface area contributed by atoms with Crippen LogP contribution in [0, 0.1) is 0 Å². The van der Waals surface area contributed by atoms with Gasteiger partial charge in [-0.15, -0.1) is 0 Å². The second kappa shape index (κ2) is 4.33. The molecule has 1 aromatic carbocycles. The highest BCUT2D eigenvalue weighted by molar-refractivity contribution is 7.93. The fraction of sp³-hybridized carbons (Fsp3) is 0.538. The molecule has 1 aliphatic rings. The van der Waals surface area contributed by atoms with E-state index in [1.165, 1.54) is 0 Å². The molecule has 1 aromatic rings. The van der Waals surface area contributed by atoms with Crippen LogP contribution in [0.4, 0.5) is 5.69 Å². The highest BCUT2D eigenvalue weighted by atomic mass is 32.2. The molecular weight excluding hydrogens is 234 g/mol. The minimum atomic E-state index is -3.22. The first-order chi connectivity index (χ1) is 7.98. The van der Waals surface area contributed by atoms with Crippen molar-refractivity contribution in [1.82, 2.24) is 0 Å². The molecule has 1 heterocycles. The fourth-order valence-corrected chi connectivity index (χ4v) is 3.86. The van der Waals surface area contributed by atoms with Crippen molar-refractivity contribution < 1.29 is 8.42 Å². The normalized spacial score (nSPS) is 19.8. The molecule has 2 rings (SSSR count). The van der Waals surface area contributed by atoms with Gasteiger partial charge in [-0.2, -0.15) is 0 Å². The topological polar surface area (TPSA) is 37.4 Å². The van der Waals surface area contributed by atoms with Crippen LogP contribution in [0.1, 0.15) is 32.8 Å². The smallest absolute Gasteiger partial charge is 0.237 e. The SMILES string of the molecule is CC[C@@H]1Cc2ccccc2N1S(=O)(=O)C(C)C. The molecule has 0 aromatic heterocycles. The summed E-state index contributed by atoms with van der Waals surface area (Å²) in [5, 5.41) is -0.372. The molecule has 0 amide bonds. The van der Waals surface area contributed by atoms with E-state index in [0.29, 0.717) is 0 Å². The van der Waals surface area contributed by atoms with E-state index in [2.05, 4.69) is 0 Å². The van der Waals surface area contributed by atoms with Gasteiger partial charge in [-0.3, -0.25) is 4.31 Å². The summed E-state index contributed by atoms with van der Waals surface area (Å²) < 4.78 is 26.4. The Labute approximate surface area is 104 Å². The van der Waals surface area contributed by atoms with E-state index in [1.807, 2.05) is 31.2 Å². The van der Waals surface area contributed by atoms with Crippen molar-refractivity contribution in [3.05, 3.63) is 29.8 Å². The van der Waals surface area contributed by atoms with Gasteiger partial charge in [-0.1, -0.05) is 25.1 Å². The van der Waals surface area contributed by atoms with Crippen LogP contribution in [0.25, 0.3) is 0 Å². The van der Waals surface area contributed by atoms with Crippen molar-refractivity contribution in [2.24, 2.45) is 0 Å². The molecular formula is C13H19NO2S. The van der Waals surface area contributed by atoms with Crippen LogP contribution in [0.3, 0.4) is 0 Å². The predicted molar refractivity (Wildman–Crippen MR) is 70.8 cm³/mol. The Balaban J connectivity index is 2.52. The van der Waals surface area contributed by atoms with E-state index in [-0.39, 0.29) is 11.3 Å². The lowest BCUT2D eigenvalue weighted by atomic mass is 10.1. The number of hydrogen-bond acceptors (Lipinski definition) is 2. The maximum absolute atomic E-state index is 12.4. The Morgan fingerprint density at radius 1 is 1.35 bits per heavy atom. The van der Waals surface area contributed by atoms with Crippen LogP contribution in [-0.2, 0) is 16.4 Å². The number of hydrogen-bond donors (Lipinski definition) is 0. The zero-order valence-corrected chi connectivity index (χ0v) is 11.4. The second-order valence-electron chi connectivity index (χ2n) is 4.78. The molecule has 94 valence electrons. The molecule has 0 aliphatic carbocycles. The lowest BCUT2D eigenvalue weighted by Gasteiger charge is -2.28. The van der Waals surface area contributed by atoms with Gasteiger partial charge >= 0.3 is 0 Å². The average molecular weight is 253 g/mol. The van der Waals surface area contributed by atoms with E-state index in [4.69, 9.17) is 0 Å². The molecule has 0 unspecified atom stereocenters. The molecule has 4 heteroatoms. The van der Waals surface area contributed by atoms with E-state index in [0.717, 1.165) is 24.1 Å². The predicted octanol–water partition coefficient (Wildman–Crippen LogP) is 2.57. The van der Waals surface area contributed by atoms with Gasteiger partial charge in [0.05, 0.1) is 10.9 Å². The summed E-state index contributed by atoms with van der Waals surface area (Å²) in [6.07, 6.45) is 1.68. The Morgan fingerprint density at radius 2 is 2.00 bits per heavy atom. The number of rotatable bonds is 3. The summed E-state index contributed by atoms with van der Waals surface area (Å²) in [7, 11) is -3.22. The van der Waals surface area contributed by atoms with Gasteiger partial charge in [0.2, 0.25) is 10.0 Å². The molecule has 0 fully saturated rings. The van der Waals surface area contributed by atoms with Gasteiger partial charge < -0.3 is 0 Å². The quantitative estimate of drug-likeness (QED) is 0.830. The molecule has 0 N–H and O–H groups in total. The van der Waals surface area contributed by atoms with E-state index in [9.17, 15) is 8.42 Å². The van der Waals surface area contributed by atoms with E-state index < -0.39 is 10.0 Å². The van der Waals surface area contributed by atoms with E-state index in [1.54, 1.807) is 18.2 Å². The first-order valence-electron chi connectivity index (χ1n) is 6.09. The zero-order chi connectivity index (χ0) is 12.6. The van der Waals surface area contributed by atoms with Crippen molar-refractivity contribution >= 4 is 15.7 Å². The number of sulfonamides is 1. The number of nitrogens with zero attached hydrogens (tertiary/aromatic N) is 1. The third-order valence-corrected chi connectivity index (χ3v) is 5.59. The maximum Gasteiger partial charge on any atom is 0.237 e. The van der Waals surface area contributed by atoms with Crippen LogP contribution < -0.4 is 4.31 Å². The van der Waals surface area contributed by atoms with Crippen LogP contribution in [0.5, 0.6) is 0 Å². The van der Waals surface area contributed by atoms with Gasteiger partial charge in [0.1, 0.15) is 0 Å². The summed E-state index contributed by atoms with van der Waals surface area (Å²) in [4.78, 5) is 0. The summed E-state index contributed by atoms with van der Waals surface area (Å²) in [6.45, 7) is 5.52. The Bertz CT molecular complexity index is 508. The summed E-state index contributed by atoms with van der Waals surface area (Å²) >= 11 is 0. The van der Waals surface area contributed by atoms with Crippen molar-refractivity contribution in [3.63, 3.8) is 0 Å². The molecule has 0 saturated carbocycles. The lowest BCUT2D eigenvalue weighted by molar-refractivity contribution is 0.567. The van der Waals surface area contributed by atoms with Crippen molar-refractivity contribution in [2.75, 3.05) is 4.31 Å². The number of fused-ring (bicyclic) bond motifs is 1. The fourth-order valence-electron chi connectivity index (χ4n) is 2.31. The molecule has 1 aliphatic heterocycles. The first-order valence-corrected chi connectivity index (χ1v) is 7.60. The molecule has 17 heavy (non-hydrogen) atoms. The molecule has 0 saturated heterocycles.